The zero-order chi connectivity index (χ0) is 20.1. The molecule has 2 aromatic carbocycles. The van der Waals surface area contributed by atoms with Gasteiger partial charge in [0.25, 0.3) is 0 Å². The molecule has 0 saturated carbocycles. The standard InChI is InChI=1S/C17H15Cl2N5O3S/c1-26-14-8-13(15(27-2)7-12(14)19)20-16(25)9-28-17-21-22-23-24(17)11-5-3-10(18)4-6-11/h3-8H,9H2,1-2H3,(H,20,25). The lowest BCUT2D eigenvalue weighted by molar-refractivity contribution is -0.113. The van der Waals surface area contributed by atoms with E-state index in [9.17, 15) is 4.79 Å². The molecule has 0 aliphatic heterocycles. The van der Waals surface area contributed by atoms with Gasteiger partial charge in [-0.1, -0.05) is 35.0 Å². The maximum Gasteiger partial charge on any atom is 0.234 e. The minimum atomic E-state index is -0.265. The number of ether oxygens (including phenoxy) is 2. The van der Waals surface area contributed by atoms with Crippen LogP contribution in [0.5, 0.6) is 11.5 Å². The molecule has 0 fully saturated rings. The molecule has 146 valence electrons. The molecule has 0 bridgehead atoms. The van der Waals surface area contributed by atoms with E-state index in [0.29, 0.717) is 32.4 Å². The number of tetrazole rings is 1. The summed E-state index contributed by atoms with van der Waals surface area (Å²) in [4.78, 5) is 12.4. The van der Waals surface area contributed by atoms with E-state index in [1.165, 1.54) is 30.7 Å². The van der Waals surface area contributed by atoms with Gasteiger partial charge in [-0.3, -0.25) is 4.79 Å². The summed E-state index contributed by atoms with van der Waals surface area (Å²) in [5, 5.41) is 15.8. The number of thioether (sulfide) groups is 1. The number of hydrogen-bond acceptors (Lipinski definition) is 7. The number of nitrogens with zero attached hydrogens (tertiary/aromatic N) is 4. The van der Waals surface area contributed by atoms with Crippen LogP contribution >= 0.6 is 35.0 Å². The third-order valence-electron chi connectivity index (χ3n) is 3.59. The Hall–Kier alpha value is -2.49. The van der Waals surface area contributed by atoms with Crippen LogP contribution in [0.2, 0.25) is 10.0 Å². The number of methoxy groups -OCH3 is 2. The normalized spacial score (nSPS) is 10.6. The second-order valence-electron chi connectivity index (χ2n) is 5.37. The number of rotatable bonds is 7. The smallest absolute Gasteiger partial charge is 0.234 e. The van der Waals surface area contributed by atoms with Gasteiger partial charge in [0.1, 0.15) is 11.5 Å². The SMILES string of the molecule is COc1cc(NC(=O)CSc2nnnn2-c2ccc(Cl)cc2)c(OC)cc1Cl. The minimum Gasteiger partial charge on any atom is -0.495 e. The lowest BCUT2D eigenvalue weighted by atomic mass is 10.2. The van der Waals surface area contributed by atoms with E-state index in [1.807, 2.05) is 0 Å². The molecule has 3 rings (SSSR count). The molecule has 11 heteroatoms. The van der Waals surface area contributed by atoms with Crippen molar-refractivity contribution < 1.29 is 14.3 Å². The third-order valence-corrected chi connectivity index (χ3v) is 5.06. The highest BCUT2D eigenvalue weighted by Gasteiger charge is 2.15. The highest BCUT2D eigenvalue weighted by atomic mass is 35.5. The van der Waals surface area contributed by atoms with Gasteiger partial charge in [0.2, 0.25) is 11.1 Å². The quantitative estimate of drug-likeness (QED) is 0.560. The molecule has 1 amide bonds. The van der Waals surface area contributed by atoms with Crippen LogP contribution in [0, 0.1) is 0 Å². The Balaban J connectivity index is 1.69. The van der Waals surface area contributed by atoms with Crippen LogP contribution in [0.25, 0.3) is 5.69 Å². The second kappa shape index (κ2) is 9.13. The number of anilines is 1. The van der Waals surface area contributed by atoms with Crippen molar-refractivity contribution >= 4 is 46.6 Å². The molecule has 0 unspecified atom stereocenters. The molecule has 0 aliphatic rings. The van der Waals surface area contributed by atoms with Crippen LogP contribution in [0.1, 0.15) is 0 Å². The van der Waals surface area contributed by atoms with E-state index < -0.39 is 0 Å². The number of nitrogens with one attached hydrogen (secondary N) is 1. The van der Waals surface area contributed by atoms with Crippen molar-refractivity contribution in [2.24, 2.45) is 0 Å². The van der Waals surface area contributed by atoms with E-state index in [2.05, 4.69) is 20.8 Å². The molecule has 3 aromatic rings. The van der Waals surface area contributed by atoms with Gasteiger partial charge in [-0.25, -0.2) is 0 Å². The molecule has 0 spiro atoms. The number of carbonyl (C=O) groups excluding carboxylic acids is 1. The van der Waals surface area contributed by atoms with E-state index in [1.54, 1.807) is 36.4 Å². The minimum absolute atomic E-state index is 0.0854. The number of hydrogen-bond donors (Lipinski definition) is 1. The van der Waals surface area contributed by atoms with Crippen molar-refractivity contribution in [2.45, 2.75) is 5.16 Å². The predicted molar refractivity (Wildman–Crippen MR) is 108 cm³/mol. The molecule has 28 heavy (non-hydrogen) atoms. The Labute approximate surface area is 175 Å². The van der Waals surface area contributed by atoms with Crippen molar-refractivity contribution in [1.29, 1.82) is 0 Å². The van der Waals surface area contributed by atoms with Crippen molar-refractivity contribution in [3.05, 3.63) is 46.4 Å². The van der Waals surface area contributed by atoms with Crippen LogP contribution in [-0.4, -0.2) is 46.1 Å². The van der Waals surface area contributed by atoms with Crippen LogP contribution in [0.3, 0.4) is 0 Å². The van der Waals surface area contributed by atoms with Crippen molar-refractivity contribution in [2.75, 3.05) is 25.3 Å². The summed E-state index contributed by atoms with van der Waals surface area (Å²) in [5.74, 6) is 0.674. The van der Waals surface area contributed by atoms with Crippen molar-refractivity contribution in [3.63, 3.8) is 0 Å². The fourth-order valence-electron chi connectivity index (χ4n) is 2.29. The first kappa shape index (κ1) is 20.2. The fraction of sp³-hybridized carbons (Fsp3) is 0.176. The molecule has 1 heterocycles. The Morgan fingerprint density at radius 3 is 2.54 bits per heavy atom. The van der Waals surface area contributed by atoms with Crippen LogP contribution in [-0.2, 0) is 4.79 Å². The molecule has 0 saturated heterocycles. The molecule has 0 aliphatic carbocycles. The summed E-state index contributed by atoms with van der Waals surface area (Å²) < 4.78 is 12.0. The Bertz CT molecular complexity index is 981. The fourth-order valence-corrected chi connectivity index (χ4v) is 3.34. The van der Waals surface area contributed by atoms with Gasteiger partial charge >= 0.3 is 0 Å². The Morgan fingerprint density at radius 2 is 1.86 bits per heavy atom. The summed E-state index contributed by atoms with van der Waals surface area (Å²) in [6.45, 7) is 0. The molecule has 0 radical (unpaired) electrons. The number of carbonyl (C=O) groups is 1. The highest BCUT2D eigenvalue weighted by Crippen LogP contribution is 2.36. The van der Waals surface area contributed by atoms with Gasteiger partial charge in [0.05, 0.1) is 36.4 Å². The van der Waals surface area contributed by atoms with Crippen LogP contribution in [0.15, 0.2) is 41.6 Å². The number of aromatic nitrogens is 4. The molecular formula is C17H15Cl2N5O3S. The lowest BCUT2D eigenvalue weighted by Gasteiger charge is -2.13. The molecule has 8 nitrogen and oxygen atoms in total. The first-order valence-electron chi connectivity index (χ1n) is 7.90. The number of amides is 1. The maximum absolute atomic E-state index is 12.4. The van der Waals surface area contributed by atoms with E-state index >= 15 is 0 Å². The zero-order valence-corrected chi connectivity index (χ0v) is 17.2. The molecular weight excluding hydrogens is 425 g/mol. The Kier molecular flexibility index (Phi) is 6.61. The summed E-state index contributed by atoms with van der Waals surface area (Å²) in [6, 6.07) is 10.2. The van der Waals surface area contributed by atoms with Gasteiger partial charge in [0.15, 0.2) is 0 Å². The topological polar surface area (TPSA) is 91.2 Å². The van der Waals surface area contributed by atoms with Crippen molar-refractivity contribution in [1.82, 2.24) is 20.2 Å². The predicted octanol–water partition coefficient (Wildman–Crippen LogP) is 3.72. The highest BCUT2D eigenvalue weighted by molar-refractivity contribution is 7.99. The first-order valence-corrected chi connectivity index (χ1v) is 9.64. The first-order chi connectivity index (χ1) is 13.5. The monoisotopic (exact) mass is 439 g/mol. The average Bonchev–Trinajstić information content (AvgIpc) is 3.16. The van der Waals surface area contributed by atoms with Gasteiger partial charge < -0.3 is 14.8 Å². The van der Waals surface area contributed by atoms with E-state index in [4.69, 9.17) is 32.7 Å². The van der Waals surface area contributed by atoms with Crippen LogP contribution in [0.4, 0.5) is 5.69 Å². The molecule has 1 aromatic heterocycles. The van der Waals surface area contributed by atoms with E-state index in [-0.39, 0.29) is 11.7 Å². The Morgan fingerprint density at radius 1 is 1.14 bits per heavy atom. The van der Waals surface area contributed by atoms with Crippen LogP contribution < -0.4 is 14.8 Å². The summed E-state index contributed by atoms with van der Waals surface area (Å²) in [6.07, 6.45) is 0. The largest absolute Gasteiger partial charge is 0.495 e. The molecule has 0 atom stereocenters. The zero-order valence-electron chi connectivity index (χ0n) is 14.8. The summed E-state index contributed by atoms with van der Waals surface area (Å²) in [5.41, 5.74) is 1.19. The summed E-state index contributed by atoms with van der Waals surface area (Å²) in [7, 11) is 2.98. The van der Waals surface area contributed by atoms with Gasteiger partial charge in [-0.15, -0.1) is 5.10 Å². The number of halogens is 2. The van der Waals surface area contributed by atoms with Gasteiger partial charge in [-0.2, -0.15) is 4.68 Å². The van der Waals surface area contributed by atoms with Crippen molar-refractivity contribution in [3.8, 4) is 17.2 Å². The second-order valence-corrected chi connectivity index (χ2v) is 7.16. The number of benzene rings is 2. The average molecular weight is 440 g/mol. The van der Waals surface area contributed by atoms with E-state index in [0.717, 1.165) is 5.69 Å². The van der Waals surface area contributed by atoms with Gasteiger partial charge in [-0.05, 0) is 34.7 Å². The lowest BCUT2D eigenvalue weighted by Crippen LogP contribution is -2.15. The maximum atomic E-state index is 12.4. The third kappa shape index (κ3) is 4.67. The van der Waals surface area contributed by atoms with Gasteiger partial charge in [0, 0.05) is 17.2 Å². The molecule has 1 N–H and O–H groups in total. The summed E-state index contributed by atoms with van der Waals surface area (Å²) >= 11 is 13.2.